The van der Waals surface area contributed by atoms with E-state index in [0.29, 0.717) is 23.4 Å². The first-order chi connectivity index (χ1) is 17.5. The average molecular weight is 593 g/mol. The topological polar surface area (TPSA) is 82.7 Å². The van der Waals surface area contributed by atoms with Crippen molar-refractivity contribution in [3.05, 3.63) is 93.7 Å². The van der Waals surface area contributed by atoms with Gasteiger partial charge in [-0.3, -0.25) is 14.4 Å². The van der Waals surface area contributed by atoms with Crippen LogP contribution in [0.25, 0.3) is 10.9 Å². The van der Waals surface area contributed by atoms with Crippen LogP contribution in [0.1, 0.15) is 22.3 Å². The van der Waals surface area contributed by atoms with E-state index < -0.39 is 6.04 Å². The number of ether oxygens (including phenoxy) is 1. The third-order valence-electron chi connectivity index (χ3n) is 6.48. The molecule has 1 unspecified atom stereocenters. The molecule has 1 aliphatic heterocycles. The molecule has 8 heteroatoms. The van der Waals surface area contributed by atoms with Crippen molar-refractivity contribution in [2.24, 2.45) is 0 Å². The van der Waals surface area contributed by atoms with Crippen LogP contribution < -0.4 is 9.64 Å². The second-order valence-electron chi connectivity index (χ2n) is 8.60. The van der Waals surface area contributed by atoms with E-state index in [0.717, 1.165) is 20.0 Å². The van der Waals surface area contributed by atoms with Gasteiger partial charge in [-0.2, -0.15) is 0 Å². The van der Waals surface area contributed by atoms with Gasteiger partial charge in [-0.1, -0.05) is 18.2 Å². The lowest BCUT2D eigenvalue weighted by molar-refractivity contribution is -0.122. The summed E-state index contributed by atoms with van der Waals surface area (Å²) in [5.74, 6) is -0.366. The van der Waals surface area contributed by atoms with Crippen molar-refractivity contribution >= 4 is 56.9 Å². The minimum absolute atomic E-state index is 0.0550. The van der Waals surface area contributed by atoms with Crippen LogP contribution in [0.15, 0.2) is 79.0 Å². The molecule has 5 rings (SSSR count). The van der Waals surface area contributed by atoms with E-state index in [1.807, 2.05) is 42.6 Å². The Morgan fingerprint density at radius 1 is 1.06 bits per heavy atom. The van der Waals surface area contributed by atoms with Gasteiger partial charge in [0.15, 0.2) is 0 Å². The molecule has 4 aromatic rings. The largest absolute Gasteiger partial charge is 0.497 e. The van der Waals surface area contributed by atoms with Crippen molar-refractivity contribution in [3.8, 4) is 5.75 Å². The minimum atomic E-state index is -0.878. The molecule has 1 aliphatic rings. The quantitative estimate of drug-likeness (QED) is 0.247. The maximum Gasteiger partial charge on any atom is 0.257 e. The van der Waals surface area contributed by atoms with Crippen LogP contribution in [0.5, 0.6) is 5.75 Å². The van der Waals surface area contributed by atoms with Gasteiger partial charge in [0.05, 0.1) is 19.2 Å². The fourth-order valence-corrected chi connectivity index (χ4v) is 4.96. The summed E-state index contributed by atoms with van der Waals surface area (Å²) in [5, 5.41) is 1.07. The summed E-state index contributed by atoms with van der Waals surface area (Å²) in [4.78, 5) is 46.2. The van der Waals surface area contributed by atoms with Gasteiger partial charge in [0.2, 0.25) is 5.91 Å². The Bertz CT molecular complexity index is 1430. The van der Waals surface area contributed by atoms with Gasteiger partial charge in [0, 0.05) is 32.8 Å². The van der Waals surface area contributed by atoms with E-state index in [-0.39, 0.29) is 30.7 Å². The maximum absolute atomic E-state index is 13.7. The number of fused-ring (bicyclic) bond motifs is 1. The van der Waals surface area contributed by atoms with Crippen LogP contribution in [0, 0.1) is 3.57 Å². The van der Waals surface area contributed by atoms with Crippen LogP contribution in [0.3, 0.4) is 0 Å². The number of amides is 3. The third kappa shape index (κ3) is 4.60. The van der Waals surface area contributed by atoms with Crippen molar-refractivity contribution in [1.82, 2.24) is 9.88 Å². The zero-order valence-electron chi connectivity index (χ0n) is 19.6. The molecule has 7 nitrogen and oxygen atoms in total. The molecule has 1 saturated heterocycles. The van der Waals surface area contributed by atoms with Crippen molar-refractivity contribution in [1.29, 1.82) is 0 Å². The highest BCUT2D eigenvalue weighted by atomic mass is 127. The molecule has 0 spiro atoms. The number of hydrogen-bond donors (Lipinski definition) is 1. The number of aromatic nitrogens is 1. The molecule has 0 saturated carbocycles. The maximum atomic E-state index is 13.7. The lowest BCUT2D eigenvalue weighted by atomic mass is 10.1. The first kappa shape index (κ1) is 24.1. The number of halogens is 1. The van der Waals surface area contributed by atoms with E-state index in [1.54, 1.807) is 43.5 Å². The Morgan fingerprint density at radius 3 is 2.50 bits per heavy atom. The van der Waals surface area contributed by atoms with Crippen LogP contribution >= 0.6 is 22.6 Å². The molecule has 1 aromatic heterocycles. The number of para-hydroxylation sites is 1. The van der Waals surface area contributed by atoms with Crippen LogP contribution in [0.2, 0.25) is 0 Å². The highest BCUT2D eigenvalue weighted by Gasteiger charge is 2.44. The second-order valence-corrected chi connectivity index (χ2v) is 9.85. The van der Waals surface area contributed by atoms with E-state index in [9.17, 15) is 14.4 Å². The molecular weight excluding hydrogens is 569 g/mol. The van der Waals surface area contributed by atoms with E-state index in [1.165, 1.54) is 9.80 Å². The first-order valence-corrected chi connectivity index (χ1v) is 12.7. The Labute approximate surface area is 222 Å². The number of nitrogens with zero attached hydrogens (tertiary/aromatic N) is 2. The predicted octanol–water partition coefficient (Wildman–Crippen LogP) is 4.80. The lowest BCUT2D eigenvalue weighted by Gasteiger charge is -2.28. The minimum Gasteiger partial charge on any atom is -0.497 e. The molecule has 0 bridgehead atoms. The number of anilines is 1. The standard InChI is InChI=1S/C28H24IN3O4/c1-36-22-12-6-18(7-13-22)27(34)31(15-14-19-17-30-24-5-3-2-4-23(19)24)25-16-26(33)32(28(25)35)21-10-8-20(29)9-11-21/h2-13,17,25,30H,14-16H2,1H3. The summed E-state index contributed by atoms with van der Waals surface area (Å²) in [6.07, 6.45) is 2.41. The molecule has 2 heterocycles. The predicted molar refractivity (Wildman–Crippen MR) is 146 cm³/mol. The molecular formula is C28H24IN3O4. The van der Waals surface area contributed by atoms with E-state index >= 15 is 0 Å². The average Bonchev–Trinajstić information content (AvgIpc) is 3.45. The highest BCUT2D eigenvalue weighted by Crippen LogP contribution is 2.28. The van der Waals surface area contributed by atoms with Crippen molar-refractivity contribution in [2.75, 3.05) is 18.6 Å². The van der Waals surface area contributed by atoms with Gasteiger partial charge in [0.25, 0.3) is 11.8 Å². The Morgan fingerprint density at radius 2 is 1.78 bits per heavy atom. The fraction of sp³-hybridized carbons (Fsp3) is 0.179. The van der Waals surface area contributed by atoms with Crippen LogP contribution in [-0.4, -0.2) is 47.3 Å². The number of hydrogen-bond acceptors (Lipinski definition) is 4. The Kier molecular flexibility index (Phi) is 6.77. The number of nitrogens with one attached hydrogen (secondary N) is 1. The van der Waals surface area contributed by atoms with Gasteiger partial charge in [-0.15, -0.1) is 0 Å². The molecule has 3 amide bonds. The summed E-state index contributed by atoms with van der Waals surface area (Å²) in [6.45, 7) is 0.289. The molecule has 1 fully saturated rings. The lowest BCUT2D eigenvalue weighted by Crippen LogP contribution is -2.46. The summed E-state index contributed by atoms with van der Waals surface area (Å²) in [7, 11) is 1.56. The molecule has 36 heavy (non-hydrogen) atoms. The number of methoxy groups -OCH3 is 1. The van der Waals surface area contributed by atoms with Gasteiger partial charge in [0.1, 0.15) is 11.8 Å². The van der Waals surface area contributed by atoms with Crippen LogP contribution in [0.4, 0.5) is 5.69 Å². The van der Waals surface area contributed by atoms with Crippen molar-refractivity contribution in [3.63, 3.8) is 0 Å². The molecule has 182 valence electrons. The Hall–Kier alpha value is -3.66. The number of aromatic amines is 1. The molecule has 1 atom stereocenters. The first-order valence-electron chi connectivity index (χ1n) is 11.6. The fourth-order valence-electron chi connectivity index (χ4n) is 4.60. The molecule has 1 N–H and O–H groups in total. The monoisotopic (exact) mass is 593 g/mol. The van der Waals surface area contributed by atoms with E-state index in [4.69, 9.17) is 4.74 Å². The summed E-state index contributed by atoms with van der Waals surface area (Å²) >= 11 is 2.17. The SMILES string of the molecule is COc1ccc(C(=O)N(CCc2c[nH]c3ccccc23)C2CC(=O)N(c3ccc(I)cc3)C2=O)cc1. The van der Waals surface area contributed by atoms with Crippen LogP contribution in [-0.2, 0) is 16.0 Å². The van der Waals surface area contributed by atoms with Gasteiger partial charge in [-0.25, -0.2) is 4.90 Å². The number of benzene rings is 3. The van der Waals surface area contributed by atoms with Gasteiger partial charge >= 0.3 is 0 Å². The third-order valence-corrected chi connectivity index (χ3v) is 7.20. The van der Waals surface area contributed by atoms with E-state index in [2.05, 4.69) is 27.6 Å². The van der Waals surface area contributed by atoms with Crippen molar-refractivity contribution in [2.45, 2.75) is 18.9 Å². The normalized spacial score (nSPS) is 15.5. The smallest absolute Gasteiger partial charge is 0.257 e. The summed E-state index contributed by atoms with van der Waals surface area (Å²) in [5.41, 5.74) is 3.01. The second kappa shape index (κ2) is 10.1. The molecule has 3 aromatic carbocycles. The van der Waals surface area contributed by atoms with Crippen molar-refractivity contribution < 1.29 is 19.1 Å². The highest BCUT2D eigenvalue weighted by molar-refractivity contribution is 14.1. The Balaban J connectivity index is 1.45. The zero-order chi connectivity index (χ0) is 25.2. The van der Waals surface area contributed by atoms with Gasteiger partial charge < -0.3 is 14.6 Å². The summed E-state index contributed by atoms with van der Waals surface area (Å²) < 4.78 is 6.22. The number of carbonyl (C=O) groups is 3. The number of carbonyl (C=O) groups excluding carboxylic acids is 3. The number of imide groups is 1. The molecule has 0 radical (unpaired) electrons. The molecule has 0 aliphatic carbocycles. The summed E-state index contributed by atoms with van der Waals surface area (Å²) in [6, 6.07) is 21.1. The number of H-pyrrole nitrogens is 1. The van der Waals surface area contributed by atoms with Gasteiger partial charge in [-0.05, 0) is 89.2 Å². The number of rotatable bonds is 7. The zero-order valence-corrected chi connectivity index (χ0v) is 21.8.